The highest BCUT2D eigenvalue weighted by molar-refractivity contribution is 7.86. The van der Waals surface area contributed by atoms with Gasteiger partial charge >= 0.3 is 0 Å². The molecule has 0 aliphatic rings. The van der Waals surface area contributed by atoms with E-state index in [0.29, 0.717) is 35.0 Å². The minimum absolute atomic E-state index is 0.199. The van der Waals surface area contributed by atoms with Gasteiger partial charge in [0.1, 0.15) is 5.15 Å². The lowest BCUT2D eigenvalue weighted by Crippen LogP contribution is -2.40. The van der Waals surface area contributed by atoms with Gasteiger partial charge in [0, 0.05) is 47.6 Å². The lowest BCUT2D eigenvalue weighted by molar-refractivity contribution is 0.646. The number of halogens is 2. The van der Waals surface area contributed by atoms with Gasteiger partial charge in [-0.2, -0.15) is 0 Å². The van der Waals surface area contributed by atoms with Crippen LogP contribution >= 0.6 is 23.2 Å². The van der Waals surface area contributed by atoms with Gasteiger partial charge in [-0.3, -0.25) is 9.20 Å². The van der Waals surface area contributed by atoms with E-state index < -0.39 is 10.8 Å². The van der Waals surface area contributed by atoms with Gasteiger partial charge in [-0.15, -0.1) is 0 Å². The van der Waals surface area contributed by atoms with Gasteiger partial charge < -0.3 is 15.2 Å². The van der Waals surface area contributed by atoms with Gasteiger partial charge in [-0.25, -0.2) is 0 Å². The Kier molecular flexibility index (Phi) is 7.22. The highest BCUT2D eigenvalue weighted by atomic mass is 35.5. The van der Waals surface area contributed by atoms with Crippen LogP contribution in [0.3, 0.4) is 0 Å². The molecule has 126 valence electrons. The predicted octanol–water partition coefficient (Wildman–Crippen LogP) is 2.54. The second-order valence-corrected chi connectivity index (χ2v) is 8.94. The summed E-state index contributed by atoms with van der Waals surface area (Å²) in [5, 5.41) is 7.38. The lowest BCUT2D eigenvalue weighted by Gasteiger charge is -2.18. The van der Waals surface area contributed by atoms with Crippen molar-refractivity contribution >= 4 is 40.0 Å². The number of nitrogens with zero attached hydrogens (tertiary/aromatic N) is 2. The first-order chi connectivity index (χ1) is 10.2. The molecule has 1 aromatic heterocycles. The molecule has 0 aliphatic carbocycles. The zero-order valence-electron chi connectivity index (χ0n) is 13.7. The lowest BCUT2D eigenvalue weighted by atomic mass is 10.3. The summed E-state index contributed by atoms with van der Waals surface area (Å²) in [7, 11) is 2.67. The van der Waals surface area contributed by atoms with Crippen molar-refractivity contribution < 1.29 is 4.21 Å². The van der Waals surface area contributed by atoms with Crippen LogP contribution in [0.25, 0.3) is 0 Å². The quantitative estimate of drug-likeness (QED) is 0.621. The molecule has 0 aromatic carbocycles. The number of nitrogens with one attached hydrogen (secondary N) is 2. The van der Waals surface area contributed by atoms with Crippen LogP contribution in [0.4, 0.5) is 0 Å². The second-order valence-electron chi connectivity index (χ2n) is 5.85. The van der Waals surface area contributed by atoms with Crippen molar-refractivity contribution in [2.45, 2.75) is 32.1 Å². The van der Waals surface area contributed by atoms with Crippen molar-refractivity contribution in [3.05, 3.63) is 21.9 Å². The van der Waals surface area contributed by atoms with Gasteiger partial charge in [0.25, 0.3) is 0 Å². The van der Waals surface area contributed by atoms with Gasteiger partial charge in [0.05, 0.1) is 11.6 Å². The maximum absolute atomic E-state index is 12.0. The van der Waals surface area contributed by atoms with E-state index in [-0.39, 0.29) is 4.75 Å². The van der Waals surface area contributed by atoms with E-state index in [1.807, 2.05) is 38.5 Å². The van der Waals surface area contributed by atoms with Crippen molar-refractivity contribution in [3.8, 4) is 0 Å². The van der Waals surface area contributed by atoms with E-state index in [2.05, 4.69) is 15.6 Å². The highest BCUT2D eigenvalue weighted by Gasteiger charge is 2.18. The first-order valence-corrected chi connectivity index (χ1v) is 9.07. The Morgan fingerprint density at radius 2 is 2.00 bits per heavy atom. The topological polar surface area (TPSA) is 58.4 Å². The van der Waals surface area contributed by atoms with Crippen LogP contribution in [-0.4, -0.2) is 38.8 Å². The number of aromatic nitrogens is 1. The first-order valence-electron chi connectivity index (χ1n) is 6.99. The second kappa shape index (κ2) is 8.22. The van der Waals surface area contributed by atoms with E-state index in [9.17, 15) is 4.21 Å². The fraction of sp³-hybridized carbons (Fsp3) is 0.643. The molecule has 22 heavy (non-hydrogen) atoms. The van der Waals surface area contributed by atoms with Crippen LogP contribution in [0.5, 0.6) is 0 Å². The monoisotopic (exact) mass is 366 g/mol. The molecule has 0 fully saturated rings. The standard InChI is InChI=1S/C14H24Cl2N4OS/c1-14(2,3)22(21)7-6-18-13(17-4)19-9-10-8-11(15)12(16)20(10)5/h8H,6-7,9H2,1-5H3,(H2,17,18,19). The minimum Gasteiger partial charge on any atom is -0.355 e. The molecule has 1 atom stereocenters. The maximum atomic E-state index is 12.0. The van der Waals surface area contributed by atoms with E-state index in [1.54, 1.807) is 7.05 Å². The average molecular weight is 367 g/mol. The molecule has 0 amide bonds. The number of aliphatic imine (C=N–C) groups is 1. The molecule has 0 radical (unpaired) electrons. The van der Waals surface area contributed by atoms with E-state index in [4.69, 9.17) is 23.2 Å². The first kappa shape index (κ1) is 19.3. The summed E-state index contributed by atoms with van der Waals surface area (Å²) in [5.74, 6) is 1.23. The average Bonchev–Trinajstić information content (AvgIpc) is 2.68. The molecule has 1 unspecified atom stereocenters. The van der Waals surface area contributed by atoms with Crippen LogP contribution in [-0.2, 0) is 24.4 Å². The molecule has 1 aromatic rings. The molecule has 2 N–H and O–H groups in total. The molecule has 1 rings (SSSR count). The number of hydrogen-bond acceptors (Lipinski definition) is 2. The van der Waals surface area contributed by atoms with Crippen LogP contribution in [0, 0.1) is 0 Å². The summed E-state index contributed by atoms with van der Waals surface area (Å²) in [4.78, 5) is 4.14. The Balaban J connectivity index is 2.47. The summed E-state index contributed by atoms with van der Waals surface area (Å²) in [5.41, 5.74) is 0.955. The van der Waals surface area contributed by atoms with Crippen molar-refractivity contribution in [1.29, 1.82) is 0 Å². The van der Waals surface area contributed by atoms with Crippen molar-refractivity contribution in [2.24, 2.45) is 12.0 Å². The molecule has 0 spiro atoms. The Morgan fingerprint density at radius 1 is 1.36 bits per heavy atom. The highest BCUT2D eigenvalue weighted by Crippen LogP contribution is 2.24. The smallest absolute Gasteiger partial charge is 0.191 e. The Hall–Kier alpha value is -0.720. The van der Waals surface area contributed by atoms with Crippen LogP contribution in [0.1, 0.15) is 26.5 Å². The van der Waals surface area contributed by atoms with Crippen LogP contribution < -0.4 is 10.6 Å². The SMILES string of the molecule is CN=C(NCCS(=O)C(C)(C)C)NCc1cc(Cl)c(Cl)n1C. The van der Waals surface area contributed by atoms with Crippen LogP contribution in [0.15, 0.2) is 11.1 Å². The Bertz CT molecular complexity index is 564. The van der Waals surface area contributed by atoms with Crippen molar-refractivity contribution in [2.75, 3.05) is 19.3 Å². The van der Waals surface area contributed by atoms with Crippen LogP contribution in [0.2, 0.25) is 10.2 Å². The van der Waals surface area contributed by atoms with Crippen molar-refractivity contribution in [3.63, 3.8) is 0 Å². The summed E-state index contributed by atoms with van der Waals surface area (Å²) >= 11 is 12.0. The summed E-state index contributed by atoms with van der Waals surface area (Å²) in [6, 6.07) is 1.82. The summed E-state index contributed by atoms with van der Waals surface area (Å²) in [6.45, 7) is 7.06. The summed E-state index contributed by atoms with van der Waals surface area (Å²) < 4.78 is 13.6. The van der Waals surface area contributed by atoms with Crippen molar-refractivity contribution in [1.82, 2.24) is 15.2 Å². The van der Waals surface area contributed by atoms with Gasteiger partial charge in [-0.1, -0.05) is 23.2 Å². The molecular weight excluding hydrogens is 343 g/mol. The number of rotatable bonds is 5. The number of guanidine groups is 1. The predicted molar refractivity (Wildman–Crippen MR) is 96.4 cm³/mol. The molecule has 1 heterocycles. The Labute approximate surface area is 144 Å². The van der Waals surface area contributed by atoms with Gasteiger partial charge in [0.2, 0.25) is 0 Å². The molecule has 8 heteroatoms. The number of hydrogen-bond donors (Lipinski definition) is 2. The fourth-order valence-electron chi connectivity index (χ4n) is 1.72. The fourth-order valence-corrected chi connectivity index (χ4v) is 3.04. The molecule has 0 saturated heterocycles. The third-order valence-electron chi connectivity index (χ3n) is 3.14. The maximum Gasteiger partial charge on any atom is 0.191 e. The largest absolute Gasteiger partial charge is 0.355 e. The van der Waals surface area contributed by atoms with E-state index in [1.165, 1.54) is 0 Å². The van der Waals surface area contributed by atoms with Gasteiger partial charge in [-0.05, 0) is 26.8 Å². The molecular formula is C14H24Cl2N4OS. The third-order valence-corrected chi connectivity index (χ3v) is 5.92. The van der Waals surface area contributed by atoms with E-state index >= 15 is 0 Å². The summed E-state index contributed by atoms with van der Waals surface area (Å²) in [6.07, 6.45) is 0. The minimum atomic E-state index is -0.883. The van der Waals surface area contributed by atoms with E-state index in [0.717, 1.165) is 5.69 Å². The molecule has 5 nitrogen and oxygen atoms in total. The molecule has 0 bridgehead atoms. The van der Waals surface area contributed by atoms with Gasteiger partial charge in [0.15, 0.2) is 5.96 Å². The molecule has 0 aliphatic heterocycles. The zero-order chi connectivity index (χ0) is 16.9. The third kappa shape index (κ3) is 5.48. The zero-order valence-corrected chi connectivity index (χ0v) is 16.0. The Morgan fingerprint density at radius 3 is 2.45 bits per heavy atom. The normalized spacial score (nSPS) is 14.0. The molecule has 0 saturated carbocycles.